The molecule has 3 atom stereocenters. The molecule has 2 saturated heterocycles. The van der Waals surface area contributed by atoms with E-state index in [9.17, 15) is 9.59 Å². The Balaban J connectivity index is 1.48. The number of piperidine rings is 1. The number of hydrogen-bond donors (Lipinski definition) is 3. The van der Waals surface area contributed by atoms with Crippen molar-refractivity contribution in [3.63, 3.8) is 0 Å². The first-order valence-corrected chi connectivity index (χ1v) is 9.51. The Morgan fingerprint density at radius 1 is 1.26 bits per heavy atom. The van der Waals surface area contributed by atoms with Gasteiger partial charge in [-0.15, -0.1) is 0 Å². The Labute approximate surface area is 158 Å². The molecule has 3 heterocycles. The Morgan fingerprint density at radius 2 is 2.07 bits per heavy atom. The number of carbonyl (C=O) groups excluding carboxylic acids is 1. The van der Waals surface area contributed by atoms with Gasteiger partial charge in [-0.1, -0.05) is 29.8 Å². The number of H-pyrrole nitrogens is 1. The summed E-state index contributed by atoms with van der Waals surface area (Å²) < 4.78 is 0. The quantitative estimate of drug-likeness (QED) is 0.758. The average molecular weight is 367 g/mol. The van der Waals surface area contributed by atoms with Crippen LogP contribution >= 0.6 is 0 Å². The van der Waals surface area contributed by atoms with Crippen molar-refractivity contribution in [3.8, 4) is 0 Å². The minimum absolute atomic E-state index is 0.117. The normalized spacial score (nSPS) is 25.5. The van der Waals surface area contributed by atoms with Crippen LogP contribution in [0.15, 0.2) is 41.5 Å². The number of aryl methyl sites for hydroxylation is 1. The van der Waals surface area contributed by atoms with Crippen molar-refractivity contribution in [2.75, 3.05) is 19.6 Å². The van der Waals surface area contributed by atoms with Crippen LogP contribution in [0.3, 0.4) is 0 Å². The summed E-state index contributed by atoms with van der Waals surface area (Å²) in [5.41, 5.74) is 9.34. The van der Waals surface area contributed by atoms with Crippen molar-refractivity contribution < 1.29 is 4.79 Å². The van der Waals surface area contributed by atoms with Crippen molar-refractivity contribution in [3.05, 3.63) is 63.8 Å². The molecule has 7 nitrogen and oxygen atoms in total. The second kappa shape index (κ2) is 7.62. The molecule has 0 saturated carbocycles. The first-order valence-electron chi connectivity index (χ1n) is 9.51. The number of hydrazine groups is 1. The molecule has 3 N–H and O–H groups in total. The predicted molar refractivity (Wildman–Crippen MR) is 102 cm³/mol. The number of amides is 1. The molecule has 2 aliphatic rings. The molecule has 4 rings (SSSR count). The molecule has 0 aliphatic carbocycles. The molecule has 7 heteroatoms. The Bertz CT molecular complexity index is 843. The molecule has 1 aromatic heterocycles. The van der Waals surface area contributed by atoms with E-state index in [-0.39, 0.29) is 17.5 Å². The van der Waals surface area contributed by atoms with Gasteiger partial charge in [-0.05, 0) is 31.2 Å². The molecule has 1 amide bonds. The number of nitrogens with zero attached hydrogens (tertiary/aromatic N) is 2. The van der Waals surface area contributed by atoms with Crippen LogP contribution in [0, 0.1) is 12.8 Å². The summed E-state index contributed by atoms with van der Waals surface area (Å²) in [5.74, 6) is 0.636. The van der Waals surface area contributed by atoms with E-state index in [0.717, 1.165) is 32.1 Å². The summed E-state index contributed by atoms with van der Waals surface area (Å²) >= 11 is 0. The molecule has 2 fully saturated rings. The number of aromatic amines is 1. The van der Waals surface area contributed by atoms with E-state index in [1.807, 2.05) is 4.90 Å². The topological polar surface area (TPSA) is 90.1 Å². The first kappa shape index (κ1) is 17.9. The summed E-state index contributed by atoms with van der Waals surface area (Å²) in [6.45, 7) is 4.41. The number of benzene rings is 1. The molecule has 27 heavy (non-hydrogen) atoms. The van der Waals surface area contributed by atoms with Gasteiger partial charge in [0.25, 0.3) is 11.5 Å². The number of carbonyl (C=O) groups is 1. The maximum absolute atomic E-state index is 12.8. The van der Waals surface area contributed by atoms with E-state index >= 15 is 0 Å². The zero-order valence-corrected chi connectivity index (χ0v) is 15.4. The maximum atomic E-state index is 12.8. The molecule has 1 aromatic carbocycles. The lowest BCUT2D eigenvalue weighted by Crippen LogP contribution is -2.48. The molecule has 0 spiro atoms. The lowest BCUT2D eigenvalue weighted by atomic mass is 9.81. The second-order valence-corrected chi connectivity index (χ2v) is 7.52. The van der Waals surface area contributed by atoms with Gasteiger partial charge < -0.3 is 9.88 Å². The highest BCUT2D eigenvalue weighted by Gasteiger charge is 2.37. The molecular weight excluding hydrogens is 342 g/mol. The molecule has 3 unspecified atom stereocenters. The molecule has 0 bridgehead atoms. The first-order chi connectivity index (χ1) is 13.1. The van der Waals surface area contributed by atoms with Gasteiger partial charge in [0.15, 0.2) is 0 Å². The van der Waals surface area contributed by atoms with E-state index in [2.05, 4.69) is 52.0 Å². The molecular formula is C20H25N5O2. The Kier molecular flexibility index (Phi) is 5.05. The fraction of sp³-hybridized carbons (Fsp3) is 0.450. The van der Waals surface area contributed by atoms with Crippen LogP contribution in [0.25, 0.3) is 0 Å². The Morgan fingerprint density at radius 3 is 2.81 bits per heavy atom. The second-order valence-electron chi connectivity index (χ2n) is 7.52. The number of aromatic nitrogens is 2. The van der Waals surface area contributed by atoms with Gasteiger partial charge in [0, 0.05) is 37.8 Å². The highest BCUT2D eigenvalue weighted by Crippen LogP contribution is 2.32. The SMILES string of the molecule is Cc1ccc(C2CNNC2C2CCCN(C(=O)c3c[nH]c(=O)cn3)C2)cc1. The van der Waals surface area contributed by atoms with Gasteiger partial charge in [0.2, 0.25) is 0 Å². The van der Waals surface area contributed by atoms with Gasteiger partial charge in [-0.25, -0.2) is 4.98 Å². The van der Waals surface area contributed by atoms with Crippen LogP contribution in [0.2, 0.25) is 0 Å². The van der Waals surface area contributed by atoms with Gasteiger partial charge in [0.05, 0.1) is 6.20 Å². The van der Waals surface area contributed by atoms with E-state index in [4.69, 9.17) is 0 Å². The average Bonchev–Trinajstić information content (AvgIpc) is 3.18. The van der Waals surface area contributed by atoms with Crippen LogP contribution in [-0.2, 0) is 0 Å². The Hall–Kier alpha value is -2.51. The lowest BCUT2D eigenvalue weighted by Gasteiger charge is -2.37. The zero-order chi connectivity index (χ0) is 18.8. The van der Waals surface area contributed by atoms with Gasteiger partial charge in [-0.2, -0.15) is 0 Å². The van der Waals surface area contributed by atoms with Crippen LogP contribution in [0.4, 0.5) is 0 Å². The largest absolute Gasteiger partial charge is 0.337 e. The zero-order valence-electron chi connectivity index (χ0n) is 15.4. The van der Waals surface area contributed by atoms with E-state index < -0.39 is 0 Å². The smallest absolute Gasteiger partial charge is 0.273 e. The highest BCUT2D eigenvalue weighted by molar-refractivity contribution is 5.92. The summed E-state index contributed by atoms with van der Waals surface area (Å²) in [6, 6.07) is 9.01. The van der Waals surface area contributed by atoms with Crippen molar-refractivity contribution >= 4 is 5.91 Å². The third kappa shape index (κ3) is 3.79. The standard InChI is InChI=1S/C20H25N5O2/c1-13-4-6-14(7-5-13)16-9-23-24-19(16)15-3-2-8-25(12-15)20(27)17-10-22-18(26)11-21-17/h4-7,10-11,15-16,19,23-24H,2-3,8-9,12H2,1H3,(H,22,26). The maximum Gasteiger partial charge on any atom is 0.273 e. The molecule has 2 aliphatic heterocycles. The number of rotatable bonds is 3. The third-order valence-corrected chi connectivity index (χ3v) is 5.67. The number of nitrogens with one attached hydrogen (secondary N) is 3. The monoisotopic (exact) mass is 367 g/mol. The van der Waals surface area contributed by atoms with Crippen molar-refractivity contribution in [1.82, 2.24) is 25.7 Å². The predicted octanol–water partition coefficient (Wildman–Crippen LogP) is 1.19. The fourth-order valence-corrected chi connectivity index (χ4v) is 4.21. The highest BCUT2D eigenvalue weighted by atomic mass is 16.2. The van der Waals surface area contributed by atoms with Gasteiger partial charge >= 0.3 is 0 Å². The summed E-state index contributed by atoms with van der Waals surface area (Å²) in [6.07, 6.45) is 4.62. The molecule has 0 radical (unpaired) electrons. The van der Waals surface area contributed by atoms with E-state index in [1.54, 1.807) is 0 Å². The number of likely N-dealkylation sites (tertiary alicyclic amines) is 1. The summed E-state index contributed by atoms with van der Waals surface area (Å²) in [7, 11) is 0. The molecule has 2 aromatic rings. The van der Waals surface area contributed by atoms with E-state index in [1.165, 1.54) is 17.3 Å². The van der Waals surface area contributed by atoms with Crippen LogP contribution in [-0.4, -0.2) is 46.5 Å². The van der Waals surface area contributed by atoms with Gasteiger partial charge in [-0.3, -0.25) is 20.4 Å². The van der Waals surface area contributed by atoms with Crippen molar-refractivity contribution in [2.24, 2.45) is 5.92 Å². The minimum Gasteiger partial charge on any atom is -0.337 e. The van der Waals surface area contributed by atoms with Crippen molar-refractivity contribution in [2.45, 2.75) is 31.7 Å². The van der Waals surface area contributed by atoms with Crippen molar-refractivity contribution in [1.29, 1.82) is 0 Å². The van der Waals surface area contributed by atoms with Crippen LogP contribution < -0.4 is 16.4 Å². The fourth-order valence-electron chi connectivity index (χ4n) is 4.21. The summed E-state index contributed by atoms with van der Waals surface area (Å²) in [4.78, 5) is 32.3. The summed E-state index contributed by atoms with van der Waals surface area (Å²) in [5, 5.41) is 0. The number of hydrogen-bond acceptors (Lipinski definition) is 5. The van der Waals surface area contributed by atoms with E-state index in [0.29, 0.717) is 24.1 Å². The van der Waals surface area contributed by atoms with Crippen LogP contribution in [0.1, 0.15) is 40.4 Å². The van der Waals surface area contributed by atoms with Gasteiger partial charge in [0.1, 0.15) is 5.69 Å². The third-order valence-electron chi connectivity index (χ3n) is 5.67. The minimum atomic E-state index is -0.301. The molecule has 142 valence electrons. The van der Waals surface area contributed by atoms with Crippen LogP contribution in [0.5, 0.6) is 0 Å². The lowest BCUT2D eigenvalue weighted by molar-refractivity contribution is 0.0638.